The van der Waals surface area contributed by atoms with E-state index in [0.29, 0.717) is 6.42 Å². The molecule has 0 aliphatic rings. The van der Waals surface area contributed by atoms with E-state index >= 15 is 0 Å². The highest BCUT2D eigenvalue weighted by molar-refractivity contribution is 9.10. The molecule has 1 aromatic rings. The fraction of sp³-hybridized carbons (Fsp3) is 0.455. The van der Waals surface area contributed by atoms with E-state index in [1.54, 1.807) is 12.4 Å². The molecular weight excluding hydrogens is 272 g/mol. The molecule has 5 heteroatoms. The first kappa shape index (κ1) is 13.0. The lowest BCUT2D eigenvalue weighted by Crippen LogP contribution is -2.29. The number of halogens is 1. The summed E-state index contributed by atoms with van der Waals surface area (Å²) in [7, 11) is 0. The maximum absolute atomic E-state index is 11.0. The largest absolute Gasteiger partial charge is 0.480 e. The second-order valence-electron chi connectivity index (χ2n) is 3.57. The first-order valence-electron chi connectivity index (χ1n) is 5.23. The van der Waals surface area contributed by atoms with Crippen molar-refractivity contribution in [1.29, 1.82) is 0 Å². The van der Waals surface area contributed by atoms with Gasteiger partial charge in [-0.25, -0.2) is 4.79 Å². The highest BCUT2D eigenvalue weighted by atomic mass is 79.9. The van der Waals surface area contributed by atoms with E-state index in [-0.39, 0.29) is 0 Å². The second-order valence-corrected chi connectivity index (χ2v) is 4.48. The van der Waals surface area contributed by atoms with Crippen LogP contribution in [-0.4, -0.2) is 22.1 Å². The number of nitrogens with one attached hydrogen (secondary N) is 1. The van der Waals surface area contributed by atoms with Crippen molar-refractivity contribution in [3.05, 3.63) is 22.9 Å². The van der Waals surface area contributed by atoms with Gasteiger partial charge in [-0.3, -0.25) is 4.98 Å². The van der Waals surface area contributed by atoms with Crippen LogP contribution in [-0.2, 0) is 4.79 Å². The molecule has 0 amide bonds. The van der Waals surface area contributed by atoms with E-state index in [2.05, 4.69) is 26.2 Å². The van der Waals surface area contributed by atoms with Crippen LogP contribution < -0.4 is 5.32 Å². The Kier molecular flexibility index (Phi) is 5.25. The number of aliphatic carboxylic acids is 1. The number of nitrogens with zero attached hydrogens (tertiary/aromatic N) is 1. The van der Waals surface area contributed by atoms with Crippen LogP contribution in [0, 0.1) is 0 Å². The summed E-state index contributed by atoms with van der Waals surface area (Å²) >= 11 is 3.29. The summed E-state index contributed by atoms with van der Waals surface area (Å²) in [5, 5.41) is 12.0. The summed E-state index contributed by atoms with van der Waals surface area (Å²) in [6.45, 7) is 2.04. The Bertz CT molecular complexity index is 358. The standard InChI is InChI=1S/C11H15BrN2O2/c1-2-3-4-10(11(15)16)14-9-5-8(12)6-13-7-9/h5-7,10,14H,2-4H2,1H3,(H,15,16)/t10-/m0/s1. The van der Waals surface area contributed by atoms with Crippen molar-refractivity contribution in [1.82, 2.24) is 4.98 Å². The van der Waals surface area contributed by atoms with Crippen molar-refractivity contribution in [2.75, 3.05) is 5.32 Å². The van der Waals surface area contributed by atoms with Gasteiger partial charge < -0.3 is 10.4 Å². The van der Waals surface area contributed by atoms with Gasteiger partial charge in [-0.1, -0.05) is 19.8 Å². The number of aromatic nitrogens is 1. The quantitative estimate of drug-likeness (QED) is 0.844. The van der Waals surface area contributed by atoms with Gasteiger partial charge in [0, 0.05) is 10.7 Å². The lowest BCUT2D eigenvalue weighted by atomic mass is 10.1. The summed E-state index contributed by atoms with van der Waals surface area (Å²) in [5.74, 6) is -0.826. The van der Waals surface area contributed by atoms with Crippen molar-refractivity contribution >= 4 is 27.6 Å². The topological polar surface area (TPSA) is 62.2 Å². The third-order valence-corrected chi connectivity index (χ3v) is 2.62. The Morgan fingerprint density at radius 2 is 2.38 bits per heavy atom. The number of pyridine rings is 1. The van der Waals surface area contributed by atoms with Gasteiger partial charge in [0.25, 0.3) is 0 Å². The smallest absolute Gasteiger partial charge is 0.326 e. The molecule has 16 heavy (non-hydrogen) atoms. The molecule has 1 heterocycles. The molecule has 1 atom stereocenters. The van der Waals surface area contributed by atoms with Crippen molar-refractivity contribution in [3.63, 3.8) is 0 Å². The third kappa shape index (κ3) is 4.18. The maximum Gasteiger partial charge on any atom is 0.326 e. The van der Waals surface area contributed by atoms with Crippen LogP contribution in [0.2, 0.25) is 0 Å². The van der Waals surface area contributed by atoms with E-state index in [0.717, 1.165) is 23.0 Å². The molecular formula is C11H15BrN2O2. The zero-order valence-corrected chi connectivity index (χ0v) is 10.7. The van der Waals surface area contributed by atoms with Crippen LogP contribution in [0.4, 0.5) is 5.69 Å². The minimum absolute atomic E-state index is 0.545. The number of anilines is 1. The molecule has 1 aromatic heterocycles. The average Bonchev–Trinajstić information content (AvgIpc) is 2.24. The minimum atomic E-state index is -0.826. The van der Waals surface area contributed by atoms with Crippen molar-refractivity contribution < 1.29 is 9.90 Å². The summed E-state index contributed by atoms with van der Waals surface area (Å²) in [5.41, 5.74) is 0.720. The fourth-order valence-electron chi connectivity index (χ4n) is 1.36. The summed E-state index contributed by atoms with van der Waals surface area (Å²) in [6, 6.07) is 1.27. The molecule has 0 unspecified atom stereocenters. The van der Waals surface area contributed by atoms with Crippen LogP contribution >= 0.6 is 15.9 Å². The van der Waals surface area contributed by atoms with Gasteiger partial charge in [-0.15, -0.1) is 0 Å². The SMILES string of the molecule is CCCC[C@H](Nc1cncc(Br)c1)C(=O)O. The average molecular weight is 287 g/mol. The highest BCUT2D eigenvalue weighted by Crippen LogP contribution is 2.16. The Morgan fingerprint density at radius 1 is 1.62 bits per heavy atom. The molecule has 4 nitrogen and oxygen atoms in total. The number of carboxylic acid groups (broad SMARTS) is 1. The molecule has 0 radical (unpaired) electrons. The highest BCUT2D eigenvalue weighted by Gasteiger charge is 2.16. The van der Waals surface area contributed by atoms with Crippen LogP contribution in [0.15, 0.2) is 22.9 Å². The summed E-state index contributed by atoms with van der Waals surface area (Å²) in [6.07, 6.45) is 5.78. The number of carboxylic acids is 1. The summed E-state index contributed by atoms with van der Waals surface area (Å²) < 4.78 is 0.831. The van der Waals surface area contributed by atoms with Gasteiger partial charge in [0.1, 0.15) is 6.04 Å². The Balaban J connectivity index is 2.64. The van der Waals surface area contributed by atoms with E-state index < -0.39 is 12.0 Å². The van der Waals surface area contributed by atoms with E-state index in [1.165, 1.54) is 0 Å². The van der Waals surface area contributed by atoms with Gasteiger partial charge in [-0.2, -0.15) is 0 Å². The zero-order chi connectivity index (χ0) is 12.0. The first-order valence-corrected chi connectivity index (χ1v) is 6.02. The third-order valence-electron chi connectivity index (χ3n) is 2.19. The van der Waals surface area contributed by atoms with Gasteiger partial charge in [0.15, 0.2) is 0 Å². The fourth-order valence-corrected chi connectivity index (χ4v) is 1.72. The van der Waals surface area contributed by atoms with E-state index in [4.69, 9.17) is 5.11 Å². The molecule has 0 fully saturated rings. The predicted octanol–water partition coefficient (Wildman–Crippen LogP) is 2.90. The molecule has 1 rings (SSSR count). The first-order chi connectivity index (χ1) is 7.63. The van der Waals surface area contributed by atoms with Gasteiger partial charge in [-0.05, 0) is 28.4 Å². The molecule has 0 aliphatic carbocycles. The molecule has 0 saturated heterocycles. The van der Waals surface area contributed by atoms with Crippen molar-refractivity contribution in [3.8, 4) is 0 Å². The predicted molar refractivity (Wildman–Crippen MR) is 66.5 cm³/mol. The van der Waals surface area contributed by atoms with Crippen LogP contribution in [0.25, 0.3) is 0 Å². The zero-order valence-electron chi connectivity index (χ0n) is 9.11. The molecule has 2 N–H and O–H groups in total. The number of hydrogen-bond donors (Lipinski definition) is 2. The molecule has 0 aromatic carbocycles. The summed E-state index contributed by atoms with van der Waals surface area (Å²) in [4.78, 5) is 15.0. The normalized spacial score (nSPS) is 12.1. The second kappa shape index (κ2) is 6.48. The number of unbranched alkanes of at least 4 members (excludes halogenated alkanes) is 1. The van der Waals surface area contributed by atoms with Gasteiger partial charge in [0.05, 0.1) is 11.9 Å². The molecule has 0 aliphatic heterocycles. The Labute approximate surface area is 103 Å². The number of carbonyl (C=O) groups is 1. The van der Waals surface area contributed by atoms with Crippen molar-refractivity contribution in [2.24, 2.45) is 0 Å². The monoisotopic (exact) mass is 286 g/mol. The minimum Gasteiger partial charge on any atom is -0.480 e. The maximum atomic E-state index is 11.0. The Morgan fingerprint density at radius 3 is 2.94 bits per heavy atom. The number of hydrogen-bond acceptors (Lipinski definition) is 3. The van der Waals surface area contributed by atoms with Crippen molar-refractivity contribution in [2.45, 2.75) is 32.2 Å². The lowest BCUT2D eigenvalue weighted by Gasteiger charge is -2.15. The molecule has 0 spiro atoms. The van der Waals surface area contributed by atoms with Crippen LogP contribution in [0.1, 0.15) is 26.2 Å². The van der Waals surface area contributed by atoms with E-state index in [9.17, 15) is 4.79 Å². The van der Waals surface area contributed by atoms with Gasteiger partial charge in [0.2, 0.25) is 0 Å². The molecule has 0 saturated carbocycles. The number of rotatable bonds is 6. The molecule has 0 bridgehead atoms. The molecule has 88 valence electrons. The van der Waals surface area contributed by atoms with E-state index in [1.807, 2.05) is 13.0 Å². The Hall–Kier alpha value is -1.10. The van der Waals surface area contributed by atoms with Gasteiger partial charge >= 0.3 is 5.97 Å². The van der Waals surface area contributed by atoms with Crippen LogP contribution in [0.5, 0.6) is 0 Å². The van der Waals surface area contributed by atoms with Crippen LogP contribution in [0.3, 0.4) is 0 Å². The lowest BCUT2D eigenvalue weighted by molar-refractivity contribution is -0.138.